The van der Waals surface area contributed by atoms with Gasteiger partial charge in [-0.3, -0.25) is 0 Å². The molecule has 0 saturated carbocycles. The van der Waals surface area contributed by atoms with E-state index in [0.29, 0.717) is 5.88 Å². The van der Waals surface area contributed by atoms with Crippen LogP contribution in [-0.2, 0) is 6.42 Å². The third-order valence-electron chi connectivity index (χ3n) is 3.93. The molecule has 0 aliphatic heterocycles. The van der Waals surface area contributed by atoms with E-state index in [9.17, 15) is 0 Å². The molecule has 2 aromatic heterocycles. The summed E-state index contributed by atoms with van der Waals surface area (Å²) in [6, 6.07) is 6.36. The summed E-state index contributed by atoms with van der Waals surface area (Å²) in [5, 5.41) is 8.62. The van der Waals surface area contributed by atoms with Crippen LogP contribution in [0.25, 0.3) is 16.9 Å². The van der Waals surface area contributed by atoms with Crippen molar-refractivity contribution in [1.82, 2.24) is 20.0 Å². The average Bonchev–Trinajstić information content (AvgIpc) is 2.81. The first-order valence-corrected chi connectivity index (χ1v) is 7.91. The van der Waals surface area contributed by atoms with Gasteiger partial charge < -0.3 is 0 Å². The van der Waals surface area contributed by atoms with Crippen molar-refractivity contribution in [3.8, 4) is 5.69 Å². The third kappa shape index (κ3) is 2.48. The molecule has 4 nitrogen and oxygen atoms in total. The van der Waals surface area contributed by atoms with E-state index in [1.54, 1.807) is 0 Å². The number of benzene rings is 1. The molecule has 22 heavy (non-hydrogen) atoms. The van der Waals surface area contributed by atoms with Gasteiger partial charge in [0.15, 0.2) is 5.65 Å². The molecule has 2 heterocycles. The van der Waals surface area contributed by atoms with E-state index >= 15 is 0 Å². The molecule has 0 fully saturated rings. The number of halogens is 1. The van der Waals surface area contributed by atoms with Crippen LogP contribution < -0.4 is 0 Å². The molecule has 3 aromatic rings. The highest BCUT2D eigenvalue weighted by atomic mass is 35.5. The van der Waals surface area contributed by atoms with Crippen LogP contribution in [0.1, 0.15) is 27.9 Å². The van der Waals surface area contributed by atoms with E-state index in [1.807, 2.05) is 17.7 Å². The van der Waals surface area contributed by atoms with E-state index < -0.39 is 0 Å². The minimum Gasteiger partial charge on any atom is -0.232 e. The van der Waals surface area contributed by atoms with Crippen molar-refractivity contribution in [2.45, 2.75) is 34.1 Å². The molecule has 0 N–H and O–H groups in total. The quantitative estimate of drug-likeness (QED) is 0.690. The van der Waals surface area contributed by atoms with Crippen LogP contribution >= 0.6 is 11.6 Å². The van der Waals surface area contributed by atoms with E-state index in [0.717, 1.165) is 34.5 Å². The van der Waals surface area contributed by atoms with Gasteiger partial charge in [-0.15, -0.1) is 16.7 Å². The Morgan fingerprint density at radius 3 is 2.36 bits per heavy atom. The van der Waals surface area contributed by atoms with Crippen molar-refractivity contribution in [3.05, 3.63) is 46.1 Å². The normalized spacial score (nSPS) is 11.3. The standard InChI is InChI=1S/C17H19ClN4/c1-10-7-11(2)16(12(3)8-10)22-17-15(20-21-22)9-14(5-6-18)13(4)19-17/h7-9H,5-6H2,1-4H3. The molecule has 0 atom stereocenters. The molecule has 0 bridgehead atoms. The van der Waals surface area contributed by atoms with E-state index in [-0.39, 0.29) is 0 Å². The molecule has 0 saturated heterocycles. The van der Waals surface area contributed by atoms with Crippen LogP contribution in [0.4, 0.5) is 0 Å². The highest BCUT2D eigenvalue weighted by molar-refractivity contribution is 6.18. The zero-order chi connectivity index (χ0) is 15.9. The number of aromatic nitrogens is 4. The Morgan fingerprint density at radius 2 is 1.73 bits per heavy atom. The fourth-order valence-electron chi connectivity index (χ4n) is 3.00. The molecule has 0 amide bonds. The monoisotopic (exact) mass is 314 g/mol. The first-order chi connectivity index (χ1) is 10.5. The van der Waals surface area contributed by atoms with Crippen LogP contribution in [-0.4, -0.2) is 25.9 Å². The molecule has 1 aromatic carbocycles. The van der Waals surface area contributed by atoms with Crippen molar-refractivity contribution in [1.29, 1.82) is 0 Å². The summed E-state index contributed by atoms with van der Waals surface area (Å²) < 4.78 is 1.84. The second kappa shape index (κ2) is 5.69. The summed E-state index contributed by atoms with van der Waals surface area (Å²) in [5.41, 5.74) is 8.38. The molecule has 3 rings (SSSR count). The SMILES string of the molecule is Cc1cc(C)c(-n2nnc3cc(CCCl)c(C)nc32)c(C)c1. The zero-order valence-electron chi connectivity index (χ0n) is 13.3. The number of alkyl halides is 1. The fraction of sp³-hybridized carbons (Fsp3) is 0.353. The summed E-state index contributed by atoms with van der Waals surface area (Å²) in [7, 11) is 0. The van der Waals surface area contributed by atoms with Gasteiger partial charge in [-0.1, -0.05) is 22.9 Å². The number of hydrogen-bond donors (Lipinski definition) is 0. The number of aryl methyl sites for hydroxylation is 5. The second-order valence-corrected chi connectivity index (χ2v) is 6.14. The van der Waals surface area contributed by atoms with Crippen molar-refractivity contribution in [2.75, 3.05) is 5.88 Å². The molecule has 0 radical (unpaired) electrons. The summed E-state index contributed by atoms with van der Waals surface area (Å²) in [5.74, 6) is 0.582. The maximum atomic E-state index is 5.85. The maximum absolute atomic E-state index is 5.85. The summed E-state index contributed by atoms with van der Waals surface area (Å²) in [6.07, 6.45) is 0.797. The Balaban J connectivity index is 2.23. The Bertz CT molecular complexity index is 828. The summed E-state index contributed by atoms with van der Waals surface area (Å²) in [4.78, 5) is 4.71. The lowest BCUT2D eigenvalue weighted by Gasteiger charge is -2.11. The lowest BCUT2D eigenvalue weighted by molar-refractivity contribution is 0.805. The fourth-order valence-corrected chi connectivity index (χ4v) is 3.20. The van der Waals surface area contributed by atoms with Gasteiger partial charge in [0.25, 0.3) is 0 Å². The largest absolute Gasteiger partial charge is 0.232 e. The number of nitrogens with zero attached hydrogens (tertiary/aromatic N) is 4. The van der Waals surface area contributed by atoms with Crippen LogP contribution in [0.5, 0.6) is 0 Å². The van der Waals surface area contributed by atoms with Crippen LogP contribution in [0.2, 0.25) is 0 Å². The first-order valence-electron chi connectivity index (χ1n) is 7.37. The van der Waals surface area contributed by atoms with Gasteiger partial charge in [-0.2, -0.15) is 4.68 Å². The molecule has 0 unspecified atom stereocenters. The van der Waals surface area contributed by atoms with Crippen molar-refractivity contribution in [2.24, 2.45) is 0 Å². The Hall–Kier alpha value is -1.94. The van der Waals surface area contributed by atoms with Crippen molar-refractivity contribution >= 4 is 22.8 Å². The highest BCUT2D eigenvalue weighted by Crippen LogP contribution is 2.24. The Kier molecular flexibility index (Phi) is 3.87. The van der Waals surface area contributed by atoms with Gasteiger partial charge in [-0.05, 0) is 56.9 Å². The first kappa shape index (κ1) is 15.0. The lowest BCUT2D eigenvalue weighted by atomic mass is 10.1. The Labute approximate surface area is 135 Å². The van der Waals surface area contributed by atoms with Gasteiger partial charge in [0.1, 0.15) is 5.52 Å². The smallest absolute Gasteiger partial charge is 0.183 e. The maximum Gasteiger partial charge on any atom is 0.183 e. The highest BCUT2D eigenvalue weighted by Gasteiger charge is 2.14. The van der Waals surface area contributed by atoms with Crippen molar-refractivity contribution < 1.29 is 0 Å². The van der Waals surface area contributed by atoms with Gasteiger partial charge in [-0.25, -0.2) is 4.98 Å². The van der Waals surface area contributed by atoms with E-state index in [2.05, 4.69) is 43.2 Å². The van der Waals surface area contributed by atoms with Gasteiger partial charge in [0, 0.05) is 11.6 Å². The van der Waals surface area contributed by atoms with E-state index in [4.69, 9.17) is 16.6 Å². The summed E-state index contributed by atoms with van der Waals surface area (Å²) >= 11 is 5.85. The average molecular weight is 315 g/mol. The van der Waals surface area contributed by atoms with Gasteiger partial charge in [0.05, 0.1) is 5.69 Å². The third-order valence-corrected chi connectivity index (χ3v) is 4.12. The molecule has 0 aliphatic carbocycles. The molecule has 114 valence electrons. The molecule has 0 aliphatic rings. The lowest BCUT2D eigenvalue weighted by Crippen LogP contribution is -2.05. The number of pyridine rings is 1. The second-order valence-electron chi connectivity index (χ2n) is 5.76. The molecule has 5 heteroatoms. The van der Waals surface area contributed by atoms with Crippen molar-refractivity contribution in [3.63, 3.8) is 0 Å². The predicted octanol–water partition coefficient (Wildman–Crippen LogP) is 3.83. The Morgan fingerprint density at radius 1 is 1.05 bits per heavy atom. The molecule has 0 spiro atoms. The van der Waals surface area contributed by atoms with Crippen LogP contribution in [0.15, 0.2) is 18.2 Å². The molecular weight excluding hydrogens is 296 g/mol. The summed E-state index contributed by atoms with van der Waals surface area (Å²) in [6.45, 7) is 8.30. The van der Waals surface area contributed by atoms with Crippen LogP contribution in [0.3, 0.4) is 0 Å². The van der Waals surface area contributed by atoms with Crippen LogP contribution in [0, 0.1) is 27.7 Å². The minimum atomic E-state index is 0.582. The molecular formula is C17H19ClN4. The number of fused-ring (bicyclic) bond motifs is 1. The predicted molar refractivity (Wildman–Crippen MR) is 90.0 cm³/mol. The van der Waals surface area contributed by atoms with E-state index in [1.165, 1.54) is 16.7 Å². The van der Waals surface area contributed by atoms with Gasteiger partial charge in [0.2, 0.25) is 0 Å². The number of rotatable bonds is 3. The topological polar surface area (TPSA) is 43.6 Å². The minimum absolute atomic E-state index is 0.582. The number of hydrogen-bond acceptors (Lipinski definition) is 3. The van der Waals surface area contributed by atoms with Gasteiger partial charge >= 0.3 is 0 Å². The zero-order valence-corrected chi connectivity index (χ0v) is 14.1.